The summed E-state index contributed by atoms with van der Waals surface area (Å²) in [4.78, 5) is 2.34. The molecule has 2 unspecified atom stereocenters. The van der Waals surface area contributed by atoms with E-state index in [9.17, 15) is 0 Å². The van der Waals surface area contributed by atoms with Gasteiger partial charge in [0.1, 0.15) is 0 Å². The van der Waals surface area contributed by atoms with E-state index in [2.05, 4.69) is 48.6 Å². The summed E-state index contributed by atoms with van der Waals surface area (Å²) in [6, 6.07) is 9.51. The van der Waals surface area contributed by atoms with Gasteiger partial charge in [0.15, 0.2) is 0 Å². The Bertz CT molecular complexity index is 486. The Labute approximate surface area is 94.3 Å². The maximum atomic E-state index is 2.35. The molecule has 3 rings (SSSR count). The van der Waals surface area contributed by atoms with Crippen molar-refractivity contribution in [1.82, 2.24) is 4.90 Å². The molecule has 1 fully saturated rings. The fourth-order valence-electron chi connectivity index (χ4n) is 2.37. The quantitative estimate of drug-likeness (QED) is 0.746. The fourth-order valence-corrected chi connectivity index (χ4v) is 3.40. The van der Waals surface area contributed by atoms with Crippen molar-refractivity contribution in [2.75, 3.05) is 14.1 Å². The zero-order valence-electron chi connectivity index (χ0n) is 9.10. The highest BCUT2D eigenvalue weighted by Crippen LogP contribution is 2.47. The molecule has 1 aromatic heterocycles. The lowest BCUT2D eigenvalue weighted by Crippen LogP contribution is -2.15. The smallest absolute Gasteiger partial charge is 0.0345 e. The number of nitrogens with zero attached hydrogens (tertiary/aromatic N) is 1. The van der Waals surface area contributed by atoms with E-state index in [1.165, 1.54) is 16.5 Å². The van der Waals surface area contributed by atoms with Crippen LogP contribution in [0.2, 0.25) is 0 Å². The molecule has 2 heteroatoms. The summed E-state index contributed by atoms with van der Waals surface area (Å²) in [5.41, 5.74) is 1.56. The Balaban J connectivity index is 2.00. The molecule has 0 bridgehead atoms. The van der Waals surface area contributed by atoms with Crippen molar-refractivity contribution >= 4 is 21.4 Å². The molecule has 0 spiro atoms. The molecule has 1 aliphatic rings. The zero-order valence-corrected chi connectivity index (χ0v) is 9.92. The standard InChI is InChI=1S/C13H15NS/c1-14(2)12-7-10(12)11-8-15-13-6-4-3-5-9(11)13/h3-6,8,10,12H,7H2,1-2H3. The van der Waals surface area contributed by atoms with Crippen LogP contribution in [-0.2, 0) is 0 Å². The van der Waals surface area contributed by atoms with Gasteiger partial charge >= 0.3 is 0 Å². The van der Waals surface area contributed by atoms with E-state index < -0.39 is 0 Å². The van der Waals surface area contributed by atoms with Gasteiger partial charge in [0.05, 0.1) is 0 Å². The predicted molar refractivity (Wildman–Crippen MR) is 66.7 cm³/mol. The number of thiophene rings is 1. The highest BCUT2D eigenvalue weighted by molar-refractivity contribution is 7.17. The van der Waals surface area contributed by atoms with Gasteiger partial charge in [-0.3, -0.25) is 0 Å². The minimum Gasteiger partial charge on any atom is -0.306 e. The molecular formula is C13H15NS. The van der Waals surface area contributed by atoms with Gasteiger partial charge in [-0.05, 0) is 42.9 Å². The SMILES string of the molecule is CN(C)C1CC1c1csc2ccccc12. The van der Waals surface area contributed by atoms with Gasteiger partial charge in [0, 0.05) is 16.7 Å². The molecule has 1 heterocycles. The molecule has 1 aliphatic carbocycles. The summed E-state index contributed by atoms with van der Waals surface area (Å²) in [5, 5.41) is 3.82. The van der Waals surface area contributed by atoms with Gasteiger partial charge < -0.3 is 4.90 Å². The number of fused-ring (bicyclic) bond motifs is 1. The monoisotopic (exact) mass is 217 g/mol. The molecular weight excluding hydrogens is 202 g/mol. The van der Waals surface area contributed by atoms with Crippen LogP contribution in [0.15, 0.2) is 29.6 Å². The lowest BCUT2D eigenvalue weighted by molar-refractivity contribution is 0.391. The summed E-state index contributed by atoms with van der Waals surface area (Å²) in [6.45, 7) is 0. The molecule has 1 aromatic carbocycles. The molecule has 2 aromatic rings. The normalized spacial score (nSPS) is 25.0. The lowest BCUT2D eigenvalue weighted by atomic mass is 10.1. The minimum absolute atomic E-state index is 0.767. The molecule has 1 saturated carbocycles. The molecule has 0 radical (unpaired) electrons. The first-order chi connectivity index (χ1) is 7.27. The van der Waals surface area contributed by atoms with Gasteiger partial charge in [-0.2, -0.15) is 0 Å². The molecule has 0 N–H and O–H groups in total. The summed E-state index contributed by atoms with van der Waals surface area (Å²) in [7, 11) is 4.36. The number of benzene rings is 1. The summed E-state index contributed by atoms with van der Waals surface area (Å²) in [6.07, 6.45) is 1.33. The maximum Gasteiger partial charge on any atom is 0.0345 e. The third kappa shape index (κ3) is 1.48. The predicted octanol–water partition coefficient (Wildman–Crippen LogP) is 3.32. The molecule has 15 heavy (non-hydrogen) atoms. The van der Waals surface area contributed by atoms with Gasteiger partial charge in [-0.25, -0.2) is 0 Å². The maximum absolute atomic E-state index is 2.35. The molecule has 1 nitrogen and oxygen atoms in total. The minimum atomic E-state index is 0.767. The van der Waals surface area contributed by atoms with Gasteiger partial charge in [-0.1, -0.05) is 18.2 Å². The number of rotatable bonds is 2. The second-order valence-electron chi connectivity index (χ2n) is 4.56. The molecule has 0 amide bonds. The van der Waals surface area contributed by atoms with E-state index in [1.807, 2.05) is 11.3 Å². The number of likely N-dealkylation sites (N-methyl/N-ethyl adjacent to an activating group) is 1. The van der Waals surface area contributed by atoms with Crippen LogP contribution in [0.1, 0.15) is 17.9 Å². The van der Waals surface area contributed by atoms with Crippen LogP contribution < -0.4 is 0 Å². The van der Waals surface area contributed by atoms with Crippen LogP contribution in [0.5, 0.6) is 0 Å². The molecule has 0 aliphatic heterocycles. The number of hydrogen-bond acceptors (Lipinski definition) is 2. The van der Waals surface area contributed by atoms with Gasteiger partial charge in [0.2, 0.25) is 0 Å². The van der Waals surface area contributed by atoms with Crippen molar-refractivity contribution in [3.63, 3.8) is 0 Å². The van der Waals surface area contributed by atoms with Crippen molar-refractivity contribution in [3.05, 3.63) is 35.2 Å². The highest BCUT2D eigenvalue weighted by Gasteiger charge is 2.40. The van der Waals surface area contributed by atoms with E-state index in [0.717, 1.165) is 12.0 Å². The van der Waals surface area contributed by atoms with E-state index in [4.69, 9.17) is 0 Å². The first-order valence-electron chi connectivity index (χ1n) is 5.40. The van der Waals surface area contributed by atoms with Crippen molar-refractivity contribution in [2.24, 2.45) is 0 Å². The first-order valence-corrected chi connectivity index (χ1v) is 6.28. The van der Waals surface area contributed by atoms with E-state index >= 15 is 0 Å². The molecule has 78 valence electrons. The Morgan fingerprint density at radius 3 is 2.80 bits per heavy atom. The Morgan fingerprint density at radius 2 is 2.07 bits per heavy atom. The van der Waals surface area contributed by atoms with Gasteiger partial charge in [0.25, 0.3) is 0 Å². The van der Waals surface area contributed by atoms with Crippen LogP contribution >= 0.6 is 11.3 Å². The lowest BCUT2D eigenvalue weighted by Gasteiger charge is -2.07. The summed E-state index contributed by atoms with van der Waals surface area (Å²) < 4.78 is 1.43. The Morgan fingerprint density at radius 1 is 1.27 bits per heavy atom. The van der Waals surface area contributed by atoms with Crippen LogP contribution in [0.25, 0.3) is 10.1 Å². The Hall–Kier alpha value is -0.860. The van der Waals surface area contributed by atoms with Crippen LogP contribution in [-0.4, -0.2) is 25.0 Å². The molecule has 2 atom stereocenters. The third-order valence-corrected chi connectivity index (χ3v) is 4.31. The second kappa shape index (κ2) is 3.32. The van der Waals surface area contributed by atoms with Crippen LogP contribution in [0, 0.1) is 0 Å². The first kappa shape index (κ1) is 9.37. The largest absolute Gasteiger partial charge is 0.306 e. The van der Waals surface area contributed by atoms with Crippen molar-refractivity contribution in [2.45, 2.75) is 18.4 Å². The second-order valence-corrected chi connectivity index (χ2v) is 5.47. The topological polar surface area (TPSA) is 3.24 Å². The third-order valence-electron chi connectivity index (χ3n) is 3.33. The van der Waals surface area contributed by atoms with E-state index in [-0.39, 0.29) is 0 Å². The van der Waals surface area contributed by atoms with E-state index in [1.54, 1.807) is 5.56 Å². The van der Waals surface area contributed by atoms with E-state index in [0.29, 0.717) is 0 Å². The van der Waals surface area contributed by atoms with Crippen molar-refractivity contribution in [1.29, 1.82) is 0 Å². The average Bonchev–Trinajstić information content (AvgIpc) is 2.92. The summed E-state index contributed by atoms with van der Waals surface area (Å²) in [5.74, 6) is 0.774. The van der Waals surface area contributed by atoms with Crippen LogP contribution in [0.4, 0.5) is 0 Å². The highest BCUT2D eigenvalue weighted by atomic mass is 32.1. The number of hydrogen-bond donors (Lipinski definition) is 0. The summed E-state index contributed by atoms with van der Waals surface area (Å²) >= 11 is 1.88. The van der Waals surface area contributed by atoms with Crippen molar-refractivity contribution in [3.8, 4) is 0 Å². The average molecular weight is 217 g/mol. The molecule has 0 saturated heterocycles. The fraction of sp³-hybridized carbons (Fsp3) is 0.385. The van der Waals surface area contributed by atoms with Crippen molar-refractivity contribution < 1.29 is 0 Å². The van der Waals surface area contributed by atoms with Crippen LogP contribution in [0.3, 0.4) is 0 Å². The van der Waals surface area contributed by atoms with Gasteiger partial charge in [-0.15, -0.1) is 11.3 Å². The Kier molecular flexibility index (Phi) is 2.08. The zero-order chi connectivity index (χ0) is 10.4.